The minimum Gasteiger partial charge on any atom is -0.311 e. The first-order valence-electron chi connectivity index (χ1n) is 23.7. The quantitative estimate of drug-likeness (QED) is 0.163. The number of hydrogen-bond donors (Lipinski definition) is 0. The molecule has 0 radical (unpaired) electrons. The molecule has 8 aromatic rings. The van der Waals surface area contributed by atoms with E-state index in [1.54, 1.807) is 0 Å². The number of benzene rings is 7. The lowest BCUT2D eigenvalue weighted by Gasteiger charge is -2.46. The predicted molar refractivity (Wildman–Crippen MR) is 287 cm³/mol. The van der Waals surface area contributed by atoms with E-state index in [-0.39, 0.29) is 33.8 Å². The van der Waals surface area contributed by atoms with Crippen molar-refractivity contribution in [3.63, 3.8) is 0 Å². The van der Waals surface area contributed by atoms with Gasteiger partial charge in [0.2, 0.25) is 6.71 Å². The Morgan fingerprint density at radius 2 is 0.969 bits per heavy atom. The van der Waals surface area contributed by atoms with Crippen LogP contribution in [0.3, 0.4) is 0 Å². The number of hydrogen-bond acceptors (Lipinski definition) is 3. The molecule has 0 N–H and O–H groups in total. The summed E-state index contributed by atoms with van der Waals surface area (Å²) >= 11 is 1.91. The van der Waals surface area contributed by atoms with Crippen LogP contribution in [-0.4, -0.2) is 6.71 Å². The highest BCUT2D eigenvalue weighted by Crippen LogP contribution is 2.49. The van der Waals surface area contributed by atoms with Gasteiger partial charge in [0.15, 0.2) is 0 Å². The number of anilines is 6. The summed E-state index contributed by atoms with van der Waals surface area (Å²) in [5.74, 6) is 0. The molecule has 328 valence electrons. The second-order valence-electron chi connectivity index (χ2n) is 23.6. The Hall–Kier alpha value is -5.58. The van der Waals surface area contributed by atoms with Crippen molar-refractivity contribution >= 4 is 88.7 Å². The van der Waals surface area contributed by atoms with Gasteiger partial charge in [-0.2, -0.15) is 0 Å². The standard InChI is InChI=1S/C61H65BN2S/c1-57(2,3)38-19-26-42(27-20-38)63(43-28-21-39(22-29-43)58(4,5)6)45-34-49-56-53(35-45)64(44-30-23-40(24-31-44)59(7,8)9)52-37-55-47(46-17-15-16-18-54(46)65-55)36-51(52)62(56)50-33-41(60(10,11)12)25-32-48(50)61(49,13)14/h15-37H,1-14H3. The van der Waals surface area contributed by atoms with Crippen molar-refractivity contribution in [2.24, 2.45) is 0 Å². The van der Waals surface area contributed by atoms with Crippen LogP contribution in [0, 0.1) is 0 Å². The summed E-state index contributed by atoms with van der Waals surface area (Å²) in [4.78, 5) is 5.12. The summed E-state index contributed by atoms with van der Waals surface area (Å²) in [5, 5.41) is 2.68. The highest BCUT2D eigenvalue weighted by molar-refractivity contribution is 7.26. The molecule has 0 unspecified atom stereocenters. The van der Waals surface area contributed by atoms with Crippen LogP contribution in [0.5, 0.6) is 0 Å². The third-order valence-corrected chi connectivity index (χ3v) is 15.7. The second-order valence-corrected chi connectivity index (χ2v) is 24.7. The van der Waals surface area contributed by atoms with E-state index in [4.69, 9.17) is 0 Å². The zero-order chi connectivity index (χ0) is 46.2. The smallest absolute Gasteiger partial charge is 0.247 e. The highest BCUT2D eigenvalue weighted by Gasteiger charge is 2.47. The minimum atomic E-state index is -0.293. The fraction of sp³-hybridized carbons (Fsp3) is 0.311. The molecule has 0 amide bonds. The number of thiophene rings is 1. The van der Waals surface area contributed by atoms with Crippen molar-refractivity contribution in [2.45, 2.75) is 124 Å². The summed E-state index contributed by atoms with van der Waals surface area (Å²) in [6, 6.07) is 54.6. The van der Waals surface area contributed by atoms with Crippen molar-refractivity contribution in [3.05, 3.63) is 173 Å². The molecule has 1 aromatic heterocycles. The summed E-state index contributed by atoms with van der Waals surface area (Å²) in [6.45, 7) is 32.7. The van der Waals surface area contributed by atoms with Gasteiger partial charge >= 0.3 is 0 Å². The molecule has 2 nitrogen and oxygen atoms in total. The zero-order valence-electron chi connectivity index (χ0n) is 41.2. The summed E-state index contributed by atoms with van der Waals surface area (Å²) in [7, 11) is 0. The van der Waals surface area contributed by atoms with Crippen molar-refractivity contribution in [1.29, 1.82) is 0 Å². The molecule has 0 atom stereocenters. The Bertz CT molecular complexity index is 3080. The van der Waals surface area contributed by atoms with E-state index in [0.717, 1.165) is 17.1 Å². The number of fused-ring (bicyclic) bond motifs is 7. The van der Waals surface area contributed by atoms with E-state index in [0.29, 0.717) is 0 Å². The van der Waals surface area contributed by atoms with E-state index in [1.165, 1.54) is 87.0 Å². The van der Waals surface area contributed by atoms with Gasteiger partial charge in [-0.1, -0.05) is 181 Å². The highest BCUT2D eigenvalue weighted by atomic mass is 32.1. The first kappa shape index (κ1) is 43.3. The van der Waals surface area contributed by atoms with Gasteiger partial charge in [0.05, 0.1) is 0 Å². The summed E-state index contributed by atoms with van der Waals surface area (Å²) < 4.78 is 2.65. The lowest BCUT2D eigenvalue weighted by molar-refractivity contribution is 0.588. The molecule has 0 saturated heterocycles. The van der Waals surface area contributed by atoms with Gasteiger partial charge in [0.25, 0.3) is 0 Å². The fourth-order valence-corrected chi connectivity index (χ4v) is 11.7. The fourth-order valence-electron chi connectivity index (χ4n) is 10.6. The molecule has 4 heteroatoms. The second kappa shape index (κ2) is 14.7. The van der Waals surface area contributed by atoms with Gasteiger partial charge < -0.3 is 9.80 Å². The molecule has 7 aromatic carbocycles. The zero-order valence-corrected chi connectivity index (χ0v) is 42.0. The van der Waals surface area contributed by atoms with Crippen LogP contribution >= 0.6 is 11.3 Å². The Kier molecular flexibility index (Phi) is 9.81. The van der Waals surface area contributed by atoms with Crippen molar-refractivity contribution in [1.82, 2.24) is 0 Å². The van der Waals surface area contributed by atoms with Crippen LogP contribution in [0.15, 0.2) is 140 Å². The average molecular weight is 869 g/mol. The number of nitrogens with zero attached hydrogens (tertiary/aromatic N) is 2. The lowest BCUT2D eigenvalue weighted by atomic mass is 9.30. The molecule has 3 heterocycles. The van der Waals surface area contributed by atoms with Gasteiger partial charge in [0, 0.05) is 54.3 Å². The van der Waals surface area contributed by atoms with Crippen molar-refractivity contribution in [2.75, 3.05) is 9.80 Å². The molecule has 65 heavy (non-hydrogen) atoms. The molecule has 2 aliphatic heterocycles. The van der Waals surface area contributed by atoms with Crippen LogP contribution in [0.25, 0.3) is 20.2 Å². The molecule has 10 rings (SSSR count). The maximum Gasteiger partial charge on any atom is 0.247 e. The Balaban J connectivity index is 1.32. The largest absolute Gasteiger partial charge is 0.311 e. The molecular weight excluding hydrogens is 804 g/mol. The van der Waals surface area contributed by atoms with E-state index in [9.17, 15) is 0 Å². The third-order valence-electron chi connectivity index (χ3n) is 14.6. The molecule has 2 aliphatic rings. The van der Waals surface area contributed by atoms with Gasteiger partial charge in [0.1, 0.15) is 0 Å². The Labute approximate surface area is 393 Å². The molecule has 0 bridgehead atoms. The lowest BCUT2D eigenvalue weighted by Crippen LogP contribution is -2.64. The normalized spacial score (nSPS) is 14.7. The van der Waals surface area contributed by atoms with Crippen LogP contribution in [0.2, 0.25) is 0 Å². The van der Waals surface area contributed by atoms with Gasteiger partial charge in [-0.05, 0) is 132 Å². The van der Waals surface area contributed by atoms with Crippen LogP contribution in [-0.2, 0) is 27.1 Å². The number of rotatable bonds is 4. The first-order chi connectivity index (χ1) is 30.5. The van der Waals surface area contributed by atoms with Crippen molar-refractivity contribution in [3.8, 4) is 0 Å². The van der Waals surface area contributed by atoms with Crippen LogP contribution in [0.4, 0.5) is 34.1 Å². The van der Waals surface area contributed by atoms with E-state index >= 15 is 0 Å². The van der Waals surface area contributed by atoms with E-state index in [2.05, 4.69) is 246 Å². The Morgan fingerprint density at radius 3 is 1.52 bits per heavy atom. The van der Waals surface area contributed by atoms with E-state index < -0.39 is 0 Å². The van der Waals surface area contributed by atoms with E-state index in [1.807, 2.05) is 11.3 Å². The Morgan fingerprint density at radius 1 is 0.446 bits per heavy atom. The summed E-state index contributed by atoms with van der Waals surface area (Å²) in [6.07, 6.45) is 0. The predicted octanol–water partition coefficient (Wildman–Crippen LogP) is 15.7. The maximum absolute atomic E-state index is 2.61. The van der Waals surface area contributed by atoms with Gasteiger partial charge in [-0.25, -0.2) is 0 Å². The van der Waals surface area contributed by atoms with Crippen molar-refractivity contribution < 1.29 is 0 Å². The minimum absolute atomic E-state index is 0.00354. The maximum atomic E-state index is 2.61. The van der Waals surface area contributed by atoms with Crippen LogP contribution in [0.1, 0.15) is 130 Å². The molecule has 0 aliphatic carbocycles. The molecular formula is C61H65BN2S. The molecule has 0 spiro atoms. The molecule has 0 saturated carbocycles. The molecule has 0 fully saturated rings. The average Bonchev–Trinajstić information content (AvgIpc) is 3.61. The van der Waals surface area contributed by atoms with Gasteiger partial charge in [-0.3, -0.25) is 0 Å². The summed E-state index contributed by atoms with van der Waals surface area (Å²) in [5.41, 5.74) is 19.4. The SMILES string of the molecule is CC(C)(C)c1ccc(N(c2ccc(C(C)(C)C)cc2)c2cc3c4c(c2)C(C)(C)c2ccc(C(C)(C)C)cc2B4c2cc4c(cc2N3c2ccc(C(C)(C)C)cc2)sc2ccccc24)cc1. The topological polar surface area (TPSA) is 6.48 Å². The third kappa shape index (κ3) is 7.23. The monoisotopic (exact) mass is 868 g/mol. The van der Waals surface area contributed by atoms with Gasteiger partial charge in [-0.15, -0.1) is 11.3 Å². The first-order valence-corrected chi connectivity index (χ1v) is 24.5. The van der Waals surface area contributed by atoms with Crippen LogP contribution < -0.4 is 26.2 Å².